The number of carbonyl (C=O) groups excluding carboxylic acids is 1. The number of imidazole rings is 1. The molecule has 0 saturated carbocycles. The van der Waals surface area contributed by atoms with Crippen molar-refractivity contribution < 1.29 is 14.3 Å². The van der Waals surface area contributed by atoms with Gasteiger partial charge in [0.2, 0.25) is 0 Å². The summed E-state index contributed by atoms with van der Waals surface area (Å²) in [5, 5.41) is 1.14. The van der Waals surface area contributed by atoms with Crippen molar-refractivity contribution in [2.45, 2.75) is 45.8 Å². The van der Waals surface area contributed by atoms with Gasteiger partial charge in [-0.15, -0.1) is 0 Å². The molecule has 3 aromatic carbocycles. The highest BCUT2D eigenvalue weighted by molar-refractivity contribution is 5.90. The van der Waals surface area contributed by atoms with Crippen molar-refractivity contribution in [3.63, 3.8) is 0 Å². The summed E-state index contributed by atoms with van der Waals surface area (Å²) in [6.45, 7) is 6.38. The summed E-state index contributed by atoms with van der Waals surface area (Å²) in [6, 6.07) is 29.4. The molecule has 0 spiro atoms. The van der Waals surface area contributed by atoms with Crippen molar-refractivity contribution in [2.75, 3.05) is 26.2 Å². The van der Waals surface area contributed by atoms with E-state index in [1.54, 1.807) is 6.20 Å². The van der Waals surface area contributed by atoms with Crippen LogP contribution in [0.2, 0.25) is 0 Å². The molecule has 0 amide bonds. The zero-order chi connectivity index (χ0) is 30.6. The van der Waals surface area contributed by atoms with Crippen LogP contribution in [0.1, 0.15) is 58.5 Å². The van der Waals surface area contributed by atoms with Crippen molar-refractivity contribution in [3.8, 4) is 5.75 Å². The Morgan fingerprint density at radius 3 is 2.51 bits per heavy atom. The largest absolute Gasteiger partial charge is 0.487 e. The van der Waals surface area contributed by atoms with Gasteiger partial charge >= 0.3 is 5.97 Å². The van der Waals surface area contributed by atoms with Crippen LogP contribution in [0.25, 0.3) is 16.5 Å². The molecule has 2 aliphatic rings. The number of pyridine rings is 1. The maximum absolute atomic E-state index is 12.7. The number of esters is 1. The Hall–Kier alpha value is -4.75. The van der Waals surface area contributed by atoms with Crippen molar-refractivity contribution >= 4 is 22.4 Å². The first-order chi connectivity index (χ1) is 22.2. The molecule has 7 rings (SSSR count). The molecule has 228 valence electrons. The van der Waals surface area contributed by atoms with Gasteiger partial charge in [-0.05, 0) is 73.6 Å². The number of para-hydroxylation sites is 1. The molecule has 1 saturated heterocycles. The molecule has 0 atom stereocenters. The molecule has 0 aliphatic carbocycles. The summed E-state index contributed by atoms with van der Waals surface area (Å²) < 4.78 is 13.4. The second-order valence-corrected chi connectivity index (χ2v) is 11.7. The first kappa shape index (κ1) is 29.0. The number of piperidine rings is 1. The lowest BCUT2D eigenvalue weighted by Gasteiger charge is -2.30. The van der Waals surface area contributed by atoms with E-state index in [9.17, 15) is 4.79 Å². The summed E-state index contributed by atoms with van der Waals surface area (Å²) in [5.74, 6) is 1.45. The van der Waals surface area contributed by atoms with Crippen molar-refractivity contribution in [3.05, 3.63) is 131 Å². The van der Waals surface area contributed by atoms with Crippen LogP contribution < -0.4 is 4.74 Å². The highest BCUT2D eigenvalue weighted by atomic mass is 16.5. The van der Waals surface area contributed by atoms with Gasteiger partial charge in [-0.2, -0.15) is 0 Å². The minimum absolute atomic E-state index is 0.303. The molecule has 7 nitrogen and oxygen atoms in total. The first-order valence-electron chi connectivity index (χ1n) is 16.0. The molecule has 2 aliphatic heterocycles. The molecule has 1 fully saturated rings. The van der Waals surface area contributed by atoms with Crippen LogP contribution in [0.5, 0.6) is 5.75 Å². The lowest BCUT2D eigenvalue weighted by atomic mass is 9.90. The lowest BCUT2D eigenvalue weighted by molar-refractivity contribution is 0.0513. The number of hydrogen-bond donors (Lipinski definition) is 0. The second-order valence-electron chi connectivity index (χ2n) is 11.7. The van der Waals surface area contributed by atoms with E-state index in [2.05, 4.69) is 70.1 Å². The maximum atomic E-state index is 12.7. The molecule has 7 heteroatoms. The van der Waals surface area contributed by atoms with Gasteiger partial charge in [0.25, 0.3) is 0 Å². The van der Waals surface area contributed by atoms with Gasteiger partial charge in [-0.3, -0.25) is 0 Å². The fraction of sp³-hybridized carbons (Fsp3) is 0.289. The predicted octanol–water partition coefficient (Wildman–Crippen LogP) is 6.88. The number of rotatable bonds is 8. The molecule has 0 unspecified atom stereocenters. The Morgan fingerprint density at radius 1 is 0.867 bits per heavy atom. The number of aryl methyl sites for hydroxylation is 1. The number of ether oxygens (including phenoxy) is 2. The summed E-state index contributed by atoms with van der Waals surface area (Å²) in [6.07, 6.45) is 5.52. The quantitative estimate of drug-likeness (QED) is 0.181. The summed E-state index contributed by atoms with van der Waals surface area (Å²) in [4.78, 5) is 24.8. The van der Waals surface area contributed by atoms with Crippen LogP contribution in [0.3, 0.4) is 0 Å². The average molecular weight is 599 g/mol. The zero-order valence-corrected chi connectivity index (χ0v) is 25.7. The van der Waals surface area contributed by atoms with Gasteiger partial charge < -0.3 is 18.9 Å². The fourth-order valence-electron chi connectivity index (χ4n) is 6.54. The van der Waals surface area contributed by atoms with Crippen LogP contribution >= 0.6 is 0 Å². The smallest absolute Gasteiger partial charge is 0.356 e. The fourth-order valence-corrected chi connectivity index (χ4v) is 6.54. The Kier molecular flexibility index (Phi) is 8.43. The second kappa shape index (κ2) is 13.1. The van der Waals surface area contributed by atoms with E-state index in [-0.39, 0.29) is 5.97 Å². The van der Waals surface area contributed by atoms with E-state index in [0.717, 1.165) is 73.5 Å². The van der Waals surface area contributed by atoms with Gasteiger partial charge in [0, 0.05) is 37.1 Å². The zero-order valence-electron chi connectivity index (χ0n) is 25.7. The highest BCUT2D eigenvalue weighted by Gasteiger charge is 2.28. The van der Waals surface area contributed by atoms with E-state index in [1.165, 1.54) is 27.8 Å². The number of likely N-dealkylation sites (tertiary alicyclic amines) is 1. The van der Waals surface area contributed by atoms with Gasteiger partial charge in [0.05, 0.1) is 24.0 Å². The molecule has 4 heterocycles. The monoisotopic (exact) mass is 598 g/mol. The van der Waals surface area contributed by atoms with E-state index in [0.29, 0.717) is 25.5 Å². The standard InChI is InChI=1S/C38H38N4O3/c1-2-44-38(43)35-25-39-37-36(33-9-5-3-7-28(33)20-24-42(35)37)30-18-22-41(23-19-30)21-17-27-11-15-32(16-12-27)45-26-31-14-13-29-8-4-6-10-34(29)40-31/h3-16,25H,2,17-24,26H2,1H3. The van der Waals surface area contributed by atoms with Crippen molar-refractivity contribution in [1.29, 1.82) is 0 Å². The Labute approximate surface area is 264 Å². The highest BCUT2D eigenvalue weighted by Crippen LogP contribution is 2.36. The Bertz CT molecular complexity index is 1850. The summed E-state index contributed by atoms with van der Waals surface area (Å²) in [7, 11) is 0. The van der Waals surface area contributed by atoms with Gasteiger partial charge in [-0.25, -0.2) is 14.8 Å². The van der Waals surface area contributed by atoms with Crippen LogP contribution in [0.4, 0.5) is 0 Å². The lowest BCUT2D eigenvalue weighted by Crippen LogP contribution is -2.33. The first-order valence-corrected chi connectivity index (χ1v) is 16.0. The van der Waals surface area contributed by atoms with Gasteiger partial charge in [0.1, 0.15) is 23.9 Å². The van der Waals surface area contributed by atoms with Gasteiger partial charge in [-0.1, -0.05) is 66.2 Å². The third-order valence-electron chi connectivity index (χ3n) is 8.95. The summed E-state index contributed by atoms with van der Waals surface area (Å²) in [5.41, 5.74) is 8.94. The maximum Gasteiger partial charge on any atom is 0.356 e. The normalized spacial score (nSPS) is 15.0. The van der Waals surface area contributed by atoms with Crippen LogP contribution in [0, 0.1) is 0 Å². The molecule has 0 N–H and O–H groups in total. The Morgan fingerprint density at radius 2 is 1.67 bits per heavy atom. The average Bonchev–Trinajstić information content (AvgIpc) is 3.43. The SMILES string of the molecule is CCOC(=O)c1cnc2n1CCc1ccccc1C2=C1CCN(CCc2ccc(OCc3ccc4ccccc4n3)cc2)CC1. The van der Waals surface area contributed by atoms with Crippen LogP contribution in [-0.2, 0) is 30.7 Å². The van der Waals surface area contributed by atoms with E-state index in [1.807, 2.05) is 31.2 Å². The van der Waals surface area contributed by atoms with Crippen molar-refractivity contribution in [1.82, 2.24) is 19.4 Å². The Balaban J connectivity index is 0.986. The van der Waals surface area contributed by atoms with E-state index >= 15 is 0 Å². The van der Waals surface area contributed by atoms with Crippen molar-refractivity contribution in [2.24, 2.45) is 0 Å². The van der Waals surface area contributed by atoms with Gasteiger partial charge in [0.15, 0.2) is 0 Å². The number of carbonyl (C=O) groups is 1. The molecule has 0 bridgehead atoms. The minimum Gasteiger partial charge on any atom is -0.487 e. The summed E-state index contributed by atoms with van der Waals surface area (Å²) >= 11 is 0. The van der Waals surface area contributed by atoms with Crippen LogP contribution in [0.15, 0.2) is 96.7 Å². The third-order valence-corrected chi connectivity index (χ3v) is 8.95. The van der Waals surface area contributed by atoms with E-state index < -0.39 is 0 Å². The number of nitrogens with zero attached hydrogens (tertiary/aromatic N) is 4. The predicted molar refractivity (Wildman–Crippen MR) is 176 cm³/mol. The minimum atomic E-state index is -0.303. The van der Waals surface area contributed by atoms with Crippen LogP contribution in [-0.4, -0.2) is 51.6 Å². The van der Waals surface area contributed by atoms with E-state index in [4.69, 9.17) is 19.4 Å². The molecule has 2 aromatic heterocycles. The molecule has 0 radical (unpaired) electrons. The topological polar surface area (TPSA) is 69.5 Å². The molecule has 5 aromatic rings. The molecular formula is C38H38N4O3. The number of fused-ring (bicyclic) bond motifs is 3. The molecular weight excluding hydrogens is 560 g/mol. The molecule has 45 heavy (non-hydrogen) atoms. The number of benzene rings is 3. The number of aromatic nitrogens is 3. The third kappa shape index (κ3) is 6.26. The number of hydrogen-bond acceptors (Lipinski definition) is 6.